The van der Waals surface area contributed by atoms with Crippen molar-refractivity contribution in [2.24, 2.45) is 0 Å². The maximum atomic E-state index is 5.79. The summed E-state index contributed by atoms with van der Waals surface area (Å²) in [6, 6.07) is 19.5. The molecule has 2 atom stereocenters. The van der Waals surface area contributed by atoms with Crippen LogP contribution in [-0.4, -0.2) is 87.7 Å². The molecule has 45 heavy (non-hydrogen) atoms. The van der Waals surface area contributed by atoms with Gasteiger partial charge in [-0.1, -0.05) is 48.5 Å². The molecule has 6 rings (SSSR count). The highest BCUT2D eigenvalue weighted by molar-refractivity contribution is 5.33. The van der Waals surface area contributed by atoms with Gasteiger partial charge >= 0.3 is 0 Å². The molecule has 0 N–H and O–H groups in total. The average Bonchev–Trinajstić information content (AvgIpc) is 3.82. The van der Waals surface area contributed by atoms with Crippen LogP contribution in [0.3, 0.4) is 0 Å². The fraction of sp³-hybridized carbons (Fsp3) is 0.700. The van der Waals surface area contributed by atoms with E-state index in [2.05, 4.69) is 117 Å². The van der Waals surface area contributed by atoms with Gasteiger partial charge in [-0.05, 0) is 135 Å². The molecule has 5 heteroatoms. The van der Waals surface area contributed by atoms with Gasteiger partial charge in [-0.3, -0.25) is 19.6 Å². The number of hydrogen-bond acceptors (Lipinski definition) is 5. The summed E-state index contributed by atoms with van der Waals surface area (Å²) in [5, 5.41) is 0. The third-order valence-electron chi connectivity index (χ3n) is 12.9. The second kappa shape index (κ2) is 13.0. The molecule has 4 aliphatic heterocycles. The zero-order valence-electron chi connectivity index (χ0n) is 29.7. The molecule has 3 saturated heterocycles. The van der Waals surface area contributed by atoms with Crippen LogP contribution in [0.25, 0.3) is 0 Å². The minimum absolute atomic E-state index is 0.00733. The predicted octanol–water partition coefficient (Wildman–Crippen LogP) is 7.68. The molecule has 0 radical (unpaired) electrons. The maximum Gasteiger partial charge on any atom is 0.0594 e. The molecule has 0 spiro atoms. The van der Waals surface area contributed by atoms with Crippen LogP contribution in [0.4, 0.5) is 0 Å². The Balaban J connectivity index is 1.19. The van der Waals surface area contributed by atoms with Crippen molar-refractivity contribution >= 4 is 0 Å². The lowest BCUT2D eigenvalue weighted by molar-refractivity contribution is -0.0868. The van der Waals surface area contributed by atoms with Gasteiger partial charge in [0.25, 0.3) is 0 Å². The van der Waals surface area contributed by atoms with E-state index in [0.29, 0.717) is 11.6 Å². The number of benzene rings is 2. The lowest BCUT2D eigenvalue weighted by Crippen LogP contribution is -2.68. The standard InChI is InChI=1S/C40H62N4O/c1-37(2,41-22-10-11-23-41)20-21-38(3,4)44-24-12-15-36(44)33-18-16-32(17-19-33)29-40(7,39(5,6)42-25-27-45-28-26-42)43-30-34-13-8-9-14-35(34)31-43/h8-9,13-14,16-19,36H,10-12,15,20-31H2,1-7H3. The maximum absolute atomic E-state index is 5.79. The molecule has 0 amide bonds. The van der Waals surface area contributed by atoms with Gasteiger partial charge < -0.3 is 4.74 Å². The van der Waals surface area contributed by atoms with E-state index in [1.807, 2.05) is 0 Å². The van der Waals surface area contributed by atoms with Crippen molar-refractivity contribution in [1.29, 1.82) is 0 Å². The number of likely N-dealkylation sites (tertiary alicyclic amines) is 2. The molecule has 0 saturated carbocycles. The Morgan fingerprint density at radius 3 is 1.87 bits per heavy atom. The lowest BCUT2D eigenvalue weighted by Gasteiger charge is -2.56. The Hall–Kier alpha value is -1.76. The van der Waals surface area contributed by atoms with Crippen molar-refractivity contribution in [3.05, 3.63) is 70.8 Å². The summed E-state index contributed by atoms with van der Waals surface area (Å²) in [6.07, 6.45) is 8.85. The van der Waals surface area contributed by atoms with E-state index >= 15 is 0 Å². The number of hydrogen-bond donors (Lipinski definition) is 0. The average molecular weight is 615 g/mol. The Kier molecular flexibility index (Phi) is 9.60. The molecule has 2 aromatic carbocycles. The lowest BCUT2D eigenvalue weighted by atomic mass is 9.73. The van der Waals surface area contributed by atoms with Gasteiger partial charge in [0.2, 0.25) is 0 Å². The second-order valence-corrected chi connectivity index (χ2v) is 16.6. The molecule has 0 aromatic heterocycles. The number of rotatable bonds is 11. The van der Waals surface area contributed by atoms with E-state index in [1.165, 1.54) is 80.4 Å². The van der Waals surface area contributed by atoms with Gasteiger partial charge in [0.1, 0.15) is 0 Å². The third-order valence-corrected chi connectivity index (χ3v) is 12.9. The highest BCUT2D eigenvalue weighted by Gasteiger charge is 2.50. The van der Waals surface area contributed by atoms with Gasteiger partial charge in [0.15, 0.2) is 0 Å². The van der Waals surface area contributed by atoms with Crippen molar-refractivity contribution in [3.8, 4) is 0 Å². The van der Waals surface area contributed by atoms with E-state index in [4.69, 9.17) is 4.74 Å². The molecular weight excluding hydrogens is 552 g/mol. The quantitative estimate of drug-likeness (QED) is 0.258. The van der Waals surface area contributed by atoms with Crippen LogP contribution in [0.5, 0.6) is 0 Å². The summed E-state index contributed by atoms with van der Waals surface area (Å²) < 4.78 is 5.79. The SMILES string of the molecule is CC(C)(CCC(C)(C)N1CCCC1c1ccc(CC(C)(N2Cc3ccccc3C2)C(C)(C)N2CCOCC2)cc1)N1CCCC1. The highest BCUT2D eigenvalue weighted by atomic mass is 16.5. The van der Waals surface area contributed by atoms with Crippen LogP contribution in [-0.2, 0) is 24.2 Å². The van der Waals surface area contributed by atoms with Gasteiger partial charge in [0, 0.05) is 54.4 Å². The summed E-state index contributed by atoms with van der Waals surface area (Å²) in [6.45, 7) is 27.0. The first-order valence-corrected chi connectivity index (χ1v) is 18.2. The van der Waals surface area contributed by atoms with Gasteiger partial charge in [-0.15, -0.1) is 0 Å². The smallest absolute Gasteiger partial charge is 0.0594 e. The van der Waals surface area contributed by atoms with Crippen molar-refractivity contribution in [2.75, 3.05) is 45.9 Å². The molecule has 5 nitrogen and oxygen atoms in total. The number of nitrogens with zero attached hydrogens (tertiary/aromatic N) is 4. The third kappa shape index (κ3) is 6.67. The number of morpholine rings is 1. The monoisotopic (exact) mass is 614 g/mol. The van der Waals surface area contributed by atoms with Crippen molar-refractivity contribution in [1.82, 2.24) is 19.6 Å². The topological polar surface area (TPSA) is 22.2 Å². The van der Waals surface area contributed by atoms with Crippen LogP contribution in [0.1, 0.15) is 115 Å². The van der Waals surface area contributed by atoms with Gasteiger partial charge in [-0.2, -0.15) is 0 Å². The molecule has 2 unspecified atom stereocenters. The summed E-state index contributed by atoms with van der Waals surface area (Å²) in [5.74, 6) is 0. The first-order valence-electron chi connectivity index (χ1n) is 18.2. The van der Waals surface area contributed by atoms with Crippen molar-refractivity contribution < 1.29 is 4.74 Å². The first-order chi connectivity index (χ1) is 21.4. The molecule has 4 heterocycles. The second-order valence-electron chi connectivity index (χ2n) is 16.6. The van der Waals surface area contributed by atoms with Crippen LogP contribution in [0, 0.1) is 0 Å². The fourth-order valence-corrected chi connectivity index (χ4v) is 9.19. The zero-order valence-corrected chi connectivity index (χ0v) is 29.7. The molecule has 0 bridgehead atoms. The van der Waals surface area contributed by atoms with Crippen LogP contribution in [0.15, 0.2) is 48.5 Å². The zero-order chi connectivity index (χ0) is 31.9. The molecule has 0 aliphatic carbocycles. The molecule has 4 aliphatic rings. The highest BCUT2D eigenvalue weighted by Crippen LogP contribution is 2.43. The van der Waals surface area contributed by atoms with E-state index in [-0.39, 0.29) is 16.6 Å². The predicted molar refractivity (Wildman–Crippen MR) is 188 cm³/mol. The van der Waals surface area contributed by atoms with E-state index in [0.717, 1.165) is 45.8 Å². The Morgan fingerprint density at radius 2 is 1.24 bits per heavy atom. The van der Waals surface area contributed by atoms with E-state index in [9.17, 15) is 0 Å². The first kappa shape index (κ1) is 33.2. The van der Waals surface area contributed by atoms with Gasteiger partial charge in [-0.25, -0.2) is 0 Å². The number of fused-ring (bicyclic) bond motifs is 1. The summed E-state index contributed by atoms with van der Waals surface area (Å²) in [5.41, 5.74) is 6.39. The van der Waals surface area contributed by atoms with E-state index < -0.39 is 0 Å². The Labute approximate surface area is 275 Å². The summed E-state index contributed by atoms with van der Waals surface area (Å²) in [7, 11) is 0. The molecule has 248 valence electrons. The van der Waals surface area contributed by atoms with Gasteiger partial charge in [0.05, 0.1) is 13.2 Å². The molecule has 3 fully saturated rings. The summed E-state index contributed by atoms with van der Waals surface area (Å²) >= 11 is 0. The normalized spacial score (nSPS) is 24.3. The van der Waals surface area contributed by atoms with E-state index in [1.54, 1.807) is 0 Å². The number of ether oxygens (including phenoxy) is 1. The fourth-order valence-electron chi connectivity index (χ4n) is 9.19. The largest absolute Gasteiger partial charge is 0.379 e. The van der Waals surface area contributed by atoms with Crippen LogP contribution >= 0.6 is 0 Å². The Bertz CT molecular complexity index is 1250. The minimum atomic E-state index is -0.0333. The van der Waals surface area contributed by atoms with Crippen LogP contribution in [0.2, 0.25) is 0 Å². The summed E-state index contributed by atoms with van der Waals surface area (Å²) in [4.78, 5) is 11.0. The van der Waals surface area contributed by atoms with Crippen molar-refractivity contribution in [2.45, 2.75) is 135 Å². The molecule has 2 aromatic rings. The van der Waals surface area contributed by atoms with Crippen LogP contribution < -0.4 is 0 Å². The Morgan fingerprint density at radius 1 is 0.644 bits per heavy atom. The minimum Gasteiger partial charge on any atom is -0.379 e. The van der Waals surface area contributed by atoms with Crippen molar-refractivity contribution in [3.63, 3.8) is 0 Å². The molecular formula is C40H62N4O.